The number of ether oxygens (including phenoxy) is 3. The van der Waals surface area contributed by atoms with Crippen LogP contribution in [0.4, 0.5) is 0 Å². The zero-order valence-electron chi connectivity index (χ0n) is 12.5. The third-order valence-electron chi connectivity index (χ3n) is 4.63. The molecule has 4 nitrogen and oxygen atoms in total. The van der Waals surface area contributed by atoms with E-state index in [-0.39, 0.29) is 11.7 Å². The Hall–Kier alpha value is -1.55. The maximum absolute atomic E-state index is 11.1. The van der Waals surface area contributed by atoms with E-state index in [9.17, 15) is 4.79 Å². The molecule has 0 bridgehead atoms. The molecule has 0 radical (unpaired) electrons. The lowest BCUT2D eigenvalue weighted by molar-refractivity contribution is -0.0509. The Bertz CT molecular complexity index is 506. The number of benzene rings is 1. The zero-order valence-corrected chi connectivity index (χ0v) is 12.5. The molecule has 1 atom stereocenters. The fraction of sp³-hybridized carbons (Fsp3) is 0.588. The van der Waals surface area contributed by atoms with Gasteiger partial charge in [0.05, 0.1) is 24.4 Å². The summed E-state index contributed by atoms with van der Waals surface area (Å²) in [4.78, 5) is 11.1. The van der Waals surface area contributed by atoms with Gasteiger partial charge in [-0.25, -0.2) is 0 Å². The molecule has 2 fully saturated rings. The van der Waals surface area contributed by atoms with Gasteiger partial charge in [-0.05, 0) is 37.8 Å². The summed E-state index contributed by atoms with van der Waals surface area (Å²) in [7, 11) is 1.60. The van der Waals surface area contributed by atoms with Crippen molar-refractivity contribution in [2.45, 2.75) is 50.2 Å². The SMILES string of the molecule is COc1ccc(C=O)c(OCC2CCC3(CCCC3)O2)c1. The first-order valence-corrected chi connectivity index (χ1v) is 7.68. The van der Waals surface area contributed by atoms with E-state index in [0.29, 0.717) is 23.7 Å². The van der Waals surface area contributed by atoms with Gasteiger partial charge < -0.3 is 14.2 Å². The van der Waals surface area contributed by atoms with Gasteiger partial charge in [0.25, 0.3) is 0 Å². The molecule has 1 aromatic carbocycles. The van der Waals surface area contributed by atoms with E-state index in [0.717, 1.165) is 19.1 Å². The van der Waals surface area contributed by atoms with Crippen LogP contribution < -0.4 is 9.47 Å². The van der Waals surface area contributed by atoms with Gasteiger partial charge >= 0.3 is 0 Å². The molecule has 21 heavy (non-hydrogen) atoms. The average molecular weight is 290 g/mol. The molecule has 1 heterocycles. The molecule has 1 aromatic rings. The number of carbonyl (C=O) groups is 1. The van der Waals surface area contributed by atoms with Crippen molar-refractivity contribution in [3.63, 3.8) is 0 Å². The van der Waals surface area contributed by atoms with Gasteiger partial charge in [0.1, 0.15) is 18.1 Å². The molecule has 114 valence electrons. The lowest BCUT2D eigenvalue weighted by Gasteiger charge is -2.24. The second kappa shape index (κ2) is 6.06. The maximum atomic E-state index is 11.1. The molecule has 4 heteroatoms. The molecule has 1 unspecified atom stereocenters. The summed E-state index contributed by atoms with van der Waals surface area (Å²) in [5.74, 6) is 1.26. The van der Waals surface area contributed by atoms with Gasteiger partial charge in [-0.2, -0.15) is 0 Å². The maximum Gasteiger partial charge on any atom is 0.153 e. The van der Waals surface area contributed by atoms with E-state index in [1.807, 2.05) is 0 Å². The van der Waals surface area contributed by atoms with E-state index in [4.69, 9.17) is 14.2 Å². The van der Waals surface area contributed by atoms with E-state index in [1.165, 1.54) is 25.7 Å². The Kier molecular flexibility index (Phi) is 4.15. The Morgan fingerprint density at radius 1 is 1.33 bits per heavy atom. The van der Waals surface area contributed by atoms with Crippen molar-refractivity contribution in [1.29, 1.82) is 0 Å². The largest absolute Gasteiger partial charge is 0.497 e. The number of aldehydes is 1. The number of hydrogen-bond donors (Lipinski definition) is 0. The minimum absolute atomic E-state index is 0.121. The highest BCUT2D eigenvalue weighted by atomic mass is 16.6. The predicted molar refractivity (Wildman–Crippen MR) is 79.2 cm³/mol. The zero-order chi connectivity index (χ0) is 14.7. The van der Waals surface area contributed by atoms with Crippen LogP contribution in [-0.4, -0.2) is 31.7 Å². The quantitative estimate of drug-likeness (QED) is 0.780. The number of methoxy groups -OCH3 is 1. The first-order chi connectivity index (χ1) is 10.2. The van der Waals surface area contributed by atoms with Crippen molar-refractivity contribution in [2.24, 2.45) is 0 Å². The summed E-state index contributed by atoms with van der Waals surface area (Å²) in [6, 6.07) is 5.23. The summed E-state index contributed by atoms with van der Waals surface area (Å²) in [5, 5.41) is 0. The van der Waals surface area contributed by atoms with Gasteiger partial charge in [0.15, 0.2) is 6.29 Å². The Morgan fingerprint density at radius 2 is 2.14 bits per heavy atom. The molecule has 1 saturated carbocycles. The van der Waals surface area contributed by atoms with Crippen LogP contribution in [0.5, 0.6) is 11.5 Å². The van der Waals surface area contributed by atoms with Crippen LogP contribution in [0.2, 0.25) is 0 Å². The number of rotatable bonds is 5. The molecular weight excluding hydrogens is 268 g/mol. The average Bonchev–Trinajstić information content (AvgIpc) is 3.15. The van der Waals surface area contributed by atoms with Crippen LogP contribution in [0.15, 0.2) is 18.2 Å². The number of hydrogen-bond acceptors (Lipinski definition) is 4. The molecule has 0 amide bonds. The van der Waals surface area contributed by atoms with E-state index >= 15 is 0 Å². The fourth-order valence-electron chi connectivity index (χ4n) is 3.45. The van der Waals surface area contributed by atoms with Crippen molar-refractivity contribution in [3.05, 3.63) is 23.8 Å². The summed E-state index contributed by atoms with van der Waals surface area (Å²) in [5.41, 5.74) is 0.667. The highest BCUT2D eigenvalue weighted by molar-refractivity contribution is 5.79. The van der Waals surface area contributed by atoms with Crippen molar-refractivity contribution in [3.8, 4) is 11.5 Å². The molecule has 0 N–H and O–H groups in total. The van der Waals surface area contributed by atoms with Crippen molar-refractivity contribution in [2.75, 3.05) is 13.7 Å². The lowest BCUT2D eigenvalue weighted by atomic mass is 9.98. The van der Waals surface area contributed by atoms with Crippen LogP contribution in [0.1, 0.15) is 48.9 Å². The van der Waals surface area contributed by atoms with Gasteiger partial charge in [-0.3, -0.25) is 4.79 Å². The monoisotopic (exact) mass is 290 g/mol. The topological polar surface area (TPSA) is 44.8 Å². The van der Waals surface area contributed by atoms with Crippen molar-refractivity contribution in [1.82, 2.24) is 0 Å². The van der Waals surface area contributed by atoms with Crippen LogP contribution in [0, 0.1) is 0 Å². The highest BCUT2D eigenvalue weighted by Gasteiger charge is 2.42. The standard InChI is InChI=1S/C17H22O4/c1-19-14-5-4-13(11-18)16(10-14)20-12-15-6-9-17(21-15)7-2-3-8-17/h4-5,10-11,15H,2-3,6-9,12H2,1H3. The molecule has 1 spiro atoms. The van der Waals surface area contributed by atoms with E-state index in [2.05, 4.69) is 0 Å². The Labute approximate surface area is 125 Å². The fourth-order valence-corrected chi connectivity index (χ4v) is 3.45. The first-order valence-electron chi connectivity index (χ1n) is 7.68. The van der Waals surface area contributed by atoms with E-state index < -0.39 is 0 Å². The second-order valence-corrected chi connectivity index (χ2v) is 6.00. The summed E-state index contributed by atoms with van der Waals surface area (Å²) < 4.78 is 17.2. The minimum atomic E-state index is 0.121. The molecule has 1 saturated heterocycles. The minimum Gasteiger partial charge on any atom is -0.497 e. The Morgan fingerprint density at radius 3 is 2.86 bits per heavy atom. The normalized spacial score (nSPS) is 23.4. The molecule has 2 aliphatic rings. The molecule has 1 aliphatic heterocycles. The highest BCUT2D eigenvalue weighted by Crippen LogP contribution is 2.43. The molecule has 3 rings (SSSR count). The smallest absolute Gasteiger partial charge is 0.153 e. The van der Waals surface area contributed by atoms with Crippen LogP contribution in [-0.2, 0) is 4.74 Å². The predicted octanol–water partition coefficient (Wildman–Crippen LogP) is 3.38. The van der Waals surface area contributed by atoms with Gasteiger partial charge in [0.2, 0.25) is 0 Å². The number of carbonyl (C=O) groups excluding carboxylic acids is 1. The van der Waals surface area contributed by atoms with Crippen LogP contribution in [0.25, 0.3) is 0 Å². The molecule has 1 aliphatic carbocycles. The van der Waals surface area contributed by atoms with Crippen molar-refractivity contribution >= 4 is 6.29 Å². The van der Waals surface area contributed by atoms with Gasteiger partial charge in [-0.15, -0.1) is 0 Å². The summed E-state index contributed by atoms with van der Waals surface area (Å²) in [6.45, 7) is 0.496. The van der Waals surface area contributed by atoms with Crippen molar-refractivity contribution < 1.29 is 19.0 Å². The van der Waals surface area contributed by atoms with E-state index in [1.54, 1.807) is 25.3 Å². The summed E-state index contributed by atoms with van der Waals surface area (Å²) in [6.07, 6.45) is 8.04. The first kappa shape index (κ1) is 14.4. The summed E-state index contributed by atoms with van der Waals surface area (Å²) >= 11 is 0. The molecular formula is C17H22O4. The third-order valence-corrected chi connectivity index (χ3v) is 4.63. The van der Waals surface area contributed by atoms with Crippen LogP contribution in [0.3, 0.4) is 0 Å². The third kappa shape index (κ3) is 3.05. The van der Waals surface area contributed by atoms with Gasteiger partial charge in [-0.1, -0.05) is 12.8 Å². The molecule has 0 aromatic heterocycles. The second-order valence-electron chi connectivity index (χ2n) is 6.00. The van der Waals surface area contributed by atoms with Gasteiger partial charge in [0, 0.05) is 6.07 Å². The lowest BCUT2D eigenvalue weighted by Crippen LogP contribution is -2.27. The van der Waals surface area contributed by atoms with Crippen LogP contribution >= 0.6 is 0 Å². The Balaban J connectivity index is 1.61.